The minimum Gasteiger partial charge on any atom is -0.258 e. The zero-order valence-corrected chi connectivity index (χ0v) is 8.44. The van der Waals surface area contributed by atoms with Crippen molar-refractivity contribution in [2.24, 2.45) is 0 Å². The maximum atomic E-state index is 10.7. The van der Waals surface area contributed by atoms with Crippen LogP contribution in [0.2, 0.25) is 5.02 Å². The third-order valence-corrected chi connectivity index (χ3v) is 2.05. The van der Waals surface area contributed by atoms with E-state index in [1.165, 1.54) is 24.3 Å². The Kier molecular flexibility index (Phi) is 3.83. The van der Waals surface area contributed by atoms with Gasteiger partial charge in [0, 0.05) is 6.07 Å². The largest absolute Gasteiger partial charge is 0.278 e. The summed E-state index contributed by atoms with van der Waals surface area (Å²) in [7, 11) is 0. The van der Waals surface area contributed by atoms with Crippen molar-refractivity contribution in [3.8, 4) is 6.07 Å². The summed E-state index contributed by atoms with van der Waals surface area (Å²) < 4.78 is 0. The Morgan fingerprint density at radius 2 is 2.33 bits per heavy atom. The molecule has 5 heteroatoms. The molecule has 0 saturated carbocycles. The number of nitro groups is 1. The lowest BCUT2D eigenvalue weighted by molar-refractivity contribution is -0.385. The standard InChI is InChI=1S/C10H7ClN2O2/c11-9-5-3-6-10(13(14)15)8(9)4-1-2-7-12/h1,3-6H,2H2. The minimum atomic E-state index is -0.502. The van der Waals surface area contributed by atoms with Gasteiger partial charge in [-0.25, -0.2) is 0 Å². The summed E-state index contributed by atoms with van der Waals surface area (Å²) in [5.41, 5.74) is 0.274. The monoisotopic (exact) mass is 222 g/mol. The Balaban J connectivity index is 3.14. The zero-order valence-electron chi connectivity index (χ0n) is 7.68. The van der Waals surface area contributed by atoms with Gasteiger partial charge < -0.3 is 0 Å². The van der Waals surface area contributed by atoms with Gasteiger partial charge in [0.15, 0.2) is 0 Å². The molecule has 0 aliphatic rings. The van der Waals surface area contributed by atoms with E-state index in [1.54, 1.807) is 6.07 Å². The van der Waals surface area contributed by atoms with Gasteiger partial charge >= 0.3 is 0 Å². The molecule has 0 bridgehead atoms. The quantitative estimate of drug-likeness (QED) is 0.583. The molecule has 0 aliphatic heterocycles. The molecule has 76 valence electrons. The van der Waals surface area contributed by atoms with Crippen LogP contribution in [-0.2, 0) is 0 Å². The van der Waals surface area contributed by atoms with Crippen LogP contribution in [-0.4, -0.2) is 4.92 Å². The van der Waals surface area contributed by atoms with Gasteiger partial charge in [-0.05, 0) is 12.1 Å². The van der Waals surface area contributed by atoms with E-state index in [1.807, 2.05) is 6.07 Å². The van der Waals surface area contributed by atoms with Gasteiger partial charge in [0.05, 0.1) is 28.0 Å². The highest BCUT2D eigenvalue weighted by Crippen LogP contribution is 2.27. The highest BCUT2D eigenvalue weighted by molar-refractivity contribution is 6.32. The number of rotatable bonds is 3. The Hall–Kier alpha value is -1.86. The van der Waals surface area contributed by atoms with Crippen LogP contribution in [0.4, 0.5) is 5.69 Å². The second-order valence-corrected chi connectivity index (χ2v) is 3.10. The molecule has 0 aromatic heterocycles. The highest BCUT2D eigenvalue weighted by Gasteiger charge is 2.13. The van der Waals surface area contributed by atoms with Gasteiger partial charge in [-0.1, -0.05) is 23.7 Å². The summed E-state index contributed by atoms with van der Waals surface area (Å²) in [6, 6.07) is 6.37. The van der Waals surface area contributed by atoms with Crippen LogP contribution in [0, 0.1) is 21.4 Å². The smallest absolute Gasteiger partial charge is 0.258 e. The number of allylic oxidation sites excluding steroid dienone is 1. The van der Waals surface area contributed by atoms with Crippen LogP contribution in [0.25, 0.3) is 6.08 Å². The van der Waals surface area contributed by atoms with Gasteiger partial charge in [0.25, 0.3) is 5.69 Å². The van der Waals surface area contributed by atoms with Crippen molar-refractivity contribution < 1.29 is 4.92 Å². The van der Waals surface area contributed by atoms with Crippen LogP contribution in [0.5, 0.6) is 0 Å². The molecule has 1 aromatic carbocycles. The zero-order chi connectivity index (χ0) is 11.3. The van der Waals surface area contributed by atoms with Crippen molar-refractivity contribution >= 4 is 23.4 Å². The fourth-order valence-corrected chi connectivity index (χ4v) is 1.31. The summed E-state index contributed by atoms with van der Waals surface area (Å²) in [5, 5.41) is 19.3. The second-order valence-electron chi connectivity index (χ2n) is 2.69. The fraction of sp³-hybridized carbons (Fsp3) is 0.100. The predicted molar refractivity (Wildman–Crippen MR) is 57.4 cm³/mol. The Labute approximate surface area is 91.6 Å². The highest BCUT2D eigenvalue weighted by atomic mass is 35.5. The summed E-state index contributed by atoms with van der Waals surface area (Å²) in [6.07, 6.45) is 3.22. The first-order chi connectivity index (χ1) is 7.16. The van der Waals surface area contributed by atoms with E-state index < -0.39 is 4.92 Å². The molecular weight excluding hydrogens is 216 g/mol. The van der Waals surface area contributed by atoms with Crippen LogP contribution >= 0.6 is 11.6 Å². The van der Waals surface area contributed by atoms with Gasteiger partial charge in [-0.2, -0.15) is 5.26 Å². The van der Waals surface area contributed by atoms with Gasteiger partial charge in [0.2, 0.25) is 0 Å². The lowest BCUT2D eigenvalue weighted by Crippen LogP contribution is -1.91. The average Bonchev–Trinajstić information content (AvgIpc) is 2.20. The third-order valence-electron chi connectivity index (χ3n) is 1.72. The van der Waals surface area contributed by atoms with Crippen LogP contribution < -0.4 is 0 Å². The molecule has 0 saturated heterocycles. The fourth-order valence-electron chi connectivity index (χ4n) is 1.08. The van der Waals surface area contributed by atoms with Crippen LogP contribution in [0.15, 0.2) is 24.3 Å². The maximum Gasteiger partial charge on any atom is 0.278 e. The van der Waals surface area contributed by atoms with E-state index in [0.29, 0.717) is 10.6 Å². The van der Waals surface area contributed by atoms with Crippen LogP contribution in [0.3, 0.4) is 0 Å². The normalized spacial score (nSPS) is 10.1. The molecule has 0 aliphatic carbocycles. The molecule has 15 heavy (non-hydrogen) atoms. The number of benzene rings is 1. The van der Waals surface area contributed by atoms with Gasteiger partial charge in [-0.15, -0.1) is 0 Å². The SMILES string of the molecule is N#CCC=Cc1c(Cl)cccc1[N+](=O)[O-]. The number of nitro benzene ring substituents is 1. The lowest BCUT2D eigenvalue weighted by Gasteiger charge is -1.99. The van der Waals surface area contributed by atoms with Crippen molar-refractivity contribution in [1.29, 1.82) is 5.26 Å². The molecule has 4 nitrogen and oxygen atoms in total. The van der Waals surface area contributed by atoms with Crippen molar-refractivity contribution in [2.75, 3.05) is 0 Å². The molecular formula is C10H7ClN2O2. The predicted octanol–water partition coefficient (Wildman–Crippen LogP) is 3.18. The first kappa shape index (κ1) is 11.2. The van der Waals surface area contributed by atoms with Crippen molar-refractivity contribution in [1.82, 2.24) is 0 Å². The molecule has 0 N–H and O–H groups in total. The van der Waals surface area contributed by atoms with Crippen molar-refractivity contribution in [3.05, 3.63) is 45.0 Å². The summed E-state index contributed by atoms with van der Waals surface area (Å²) >= 11 is 5.81. The molecule has 0 fully saturated rings. The third kappa shape index (κ3) is 2.79. The van der Waals surface area contributed by atoms with E-state index >= 15 is 0 Å². The van der Waals surface area contributed by atoms with E-state index in [2.05, 4.69) is 0 Å². The summed E-state index contributed by atoms with van der Waals surface area (Å²) in [6.45, 7) is 0. The summed E-state index contributed by atoms with van der Waals surface area (Å²) in [5.74, 6) is 0. The Morgan fingerprint density at radius 3 is 2.93 bits per heavy atom. The van der Waals surface area contributed by atoms with Crippen molar-refractivity contribution in [3.63, 3.8) is 0 Å². The van der Waals surface area contributed by atoms with Crippen molar-refractivity contribution in [2.45, 2.75) is 6.42 Å². The van der Waals surface area contributed by atoms with E-state index in [9.17, 15) is 10.1 Å². The number of hydrogen-bond acceptors (Lipinski definition) is 3. The van der Waals surface area contributed by atoms with Crippen LogP contribution in [0.1, 0.15) is 12.0 Å². The lowest BCUT2D eigenvalue weighted by atomic mass is 10.1. The maximum absolute atomic E-state index is 10.7. The average molecular weight is 223 g/mol. The molecule has 0 radical (unpaired) electrons. The minimum absolute atomic E-state index is 0.0586. The second kappa shape index (κ2) is 5.13. The molecule has 1 aromatic rings. The number of nitriles is 1. The first-order valence-electron chi connectivity index (χ1n) is 4.13. The Morgan fingerprint density at radius 1 is 1.60 bits per heavy atom. The van der Waals surface area contributed by atoms with Gasteiger partial charge in [-0.3, -0.25) is 10.1 Å². The van der Waals surface area contributed by atoms with E-state index in [0.717, 1.165) is 0 Å². The number of nitrogens with zero attached hydrogens (tertiary/aromatic N) is 2. The van der Waals surface area contributed by atoms with E-state index in [4.69, 9.17) is 16.9 Å². The molecule has 0 spiro atoms. The van der Waals surface area contributed by atoms with E-state index in [-0.39, 0.29) is 12.1 Å². The molecule has 0 atom stereocenters. The number of halogens is 1. The topological polar surface area (TPSA) is 66.9 Å². The molecule has 0 unspecified atom stereocenters. The molecule has 0 amide bonds. The number of hydrogen-bond donors (Lipinski definition) is 0. The molecule has 1 rings (SSSR count). The Bertz CT molecular complexity index is 449. The van der Waals surface area contributed by atoms with Gasteiger partial charge in [0.1, 0.15) is 0 Å². The first-order valence-corrected chi connectivity index (χ1v) is 4.51. The molecule has 0 heterocycles. The summed E-state index contributed by atoms with van der Waals surface area (Å²) in [4.78, 5) is 10.2.